The number of amidine groups is 1. The van der Waals surface area contributed by atoms with Crippen molar-refractivity contribution < 1.29 is 0 Å². The normalized spacial score (nSPS) is 30.2. The quantitative estimate of drug-likeness (QED) is 0.269. The lowest BCUT2D eigenvalue weighted by Crippen LogP contribution is -2.34. The van der Waals surface area contributed by atoms with Gasteiger partial charge in [-0.05, 0) is 33.1 Å². The molecule has 0 saturated heterocycles. The lowest BCUT2D eigenvalue weighted by atomic mass is 10.1. The SMILES string of the molecule is CC1CC1C(=NC(C)(C)C)NN. The summed E-state index contributed by atoms with van der Waals surface area (Å²) in [6.07, 6.45) is 1.22. The number of hydrogen-bond donors (Lipinski definition) is 2. The van der Waals surface area contributed by atoms with Crippen LogP contribution in [-0.2, 0) is 0 Å². The van der Waals surface area contributed by atoms with Gasteiger partial charge in [0.2, 0.25) is 0 Å². The summed E-state index contributed by atoms with van der Waals surface area (Å²) in [7, 11) is 0. The molecule has 0 spiro atoms. The van der Waals surface area contributed by atoms with Gasteiger partial charge in [0.25, 0.3) is 0 Å². The Hall–Kier alpha value is -0.570. The Morgan fingerprint density at radius 3 is 2.25 bits per heavy atom. The Labute approximate surface area is 74.4 Å². The minimum absolute atomic E-state index is 0.0238. The molecule has 0 aromatic rings. The largest absolute Gasteiger partial charge is 0.312 e. The summed E-state index contributed by atoms with van der Waals surface area (Å²) in [6, 6.07) is 0. The third-order valence-electron chi connectivity index (χ3n) is 2.06. The number of aliphatic imine (C=N–C) groups is 1. The molecule has 70 valence electrons. The van der Waals surface area contributed by atoms with E-state index >= 15 is 0 Å². The minimum atomic E-state index is -0.0238. The second-order valence-corrected chi connectivity index (χ2v) is 4.63. The van der Waals surface area contributed by atoms with Crippen molar-refractivity contribution in [2.75, 3.05) is 0 Å². The van der Waals surface area contributed by atoms with Crippen molar-refractivity contribution in [3.63, 3.8) is 0 Å². The molecule has 2 atom stereocenters. The fourth-order valence-corrected chi connectivity index (χ4v) is 1.29. The maximum Gasteiger partial charge on any atom is 0.114 e. The van der Waals surface area contributed by atoms with Crippen LogP contribution >= 0.6 is 0 Å². The summed E-state index contributed by atoms with van der Waals surface area (Å²) in [5.41, 5.74) is 2.68. The number of hydrogen-bond acceptors (Lipinski definition) is 2. The van der Waals surface area contributed by atoms with E-state index in [1.54, 1.807) is 0 Å². The van der Waals surface area contributed by atoms with Gasteiger partial charge in [0.1, 0.15) is 5.84 Å². The van der Waals surface area contributed by atoms with Crippen LogP contribution in [0.25, 0.3) is 0 Å². The second kappa shape index (κ2) is 3.05. The van der Waals surface area contributed by atoms with E-state index in [0.717, 1.165) is 11.8 Å². The fourth-order valence-electron chi connectivity index (χ4n) is 1.29. The summed E-state index contributed by atoms with van der Waals surface area (Å²) < 4.78 is 0. The van der Waals surface area contributed by atoms with Gasteiger partial charge in [-0.25, -0.2) is 5.84 Å². The summed E-state index contributed by atoms with van der Waals surface area (Å²) in [6.45, 7) is 8.46. The van der Waals surface area contributed by atoms with Crippen LogP contribution in [0.2, 0.25) is 0 Å². The van der Waals surface area contributed by atoms with Crippen LogP contribution < -0.4 is 11.3 Å². The van der Waals surface area contributed by atoms with E-state index in [-0.39, 0.29) is 5.54 Å². The van der Waals surface area contributed by atoms with E-state index in [0.29, 0.717) is 5.92 Å². The Kier molecular flexibility index (Phi) is 2.42. The lowest BCUT2D eigenvalue weighted by Gasteiger charge is -2.15. The summed E-state index contributed by atoms with van der Waals surface area (Å²) >= 11 is 0. The van der Waals surface area contributed by atoms with Gasteiger partial charge in [-0.1, -0.05) is 6.92 Å². The molecule has 2 unspecified atom stereocenters. The van der Waals surface area contributed by atoms with Gasteiger partial charge in [0, 0.05) is 5.92 Å². The van der Waals surface area contributed by atoms with Gasteiger partial charge in [-0.3, -0.25) is 4.99 Å². The first-order chi connectivity index (χ1) is 5.44. The molecular weight excluding hydrogens is 150 g/mol. The highest BCUT2D eigenvalue weighted by atomic mass is 15.3. The zero-order valence-corrected chi connectivity index (χ0v) is 8.39. The highest BCUT2D eigenvalue weighted by molar-refractivity contribution is 5.86. The van der Waals surface area contributed by atoms with E-state index in [1.165, 1.54) is 6.42 Å². The van der Waals surface area contributed by atoms with Crippen LogP contribution in [0.4, 0.5) is 0 Å². The third kappa shape index (κ3) is 2.48. The molecule has 1 aliphatic rings. The van der Waals surface area contributed by atoms with Gasteiger partial charge in [0.05, 0.1) is 5.54 Å². The van der Waals surface area contributed by atoms with Crippen LogP contribution in [0.5, 0.6) is 0 Å². The average molecular weight is 169 g/mol. The van der Waals surface area contributed by atoms with Crippen molar-refractivity contribution >= 4 is 5.84 Å². The predicted octanol–water partition coefficient (Wildman–Crippen LogP) is 1.30. The van der Waals surface area contributed by atoms with Crippen molar-refractivity contribution in [1.82, 2.24) is 5.43 Å². The smallest absolute Gasteiger partial charge is 0.114 e. The van der Waals surface area contributed by atoms with Crippen LogP contribution in [0.15, 0.2) is 4.99 Å². The molecule has 0 radical (unpaired) electrons. The molecule has 1 saturated carbocycles. The van der Waals surface area contributed by atoms with Crippen LogP contribution in [0, 0.1) is 11.8 Å². The highest BCUT2D eigenvalue weighted by Crippen LogP contribution is 2.38. The maximum absolute atomic E-state index is 5.40. The third-order valence-corrected chi connectivity index (χ3v) is 2.06. The number of rotatable bonds is 1. The number of nitrogens with zero attached hydrogens (tertiary/aromatic N) is 1. The van der Waals surface area contributed by atoms with Gasteiger partial charge in [-0.15, -0.1) is 0 Å². The molecule has 0 aromatic carbocycles. The monoisotopic (exact) mass is 169 g/mol. The highest BCUT2D eigenvalue weighted by Gasteiger charge is 2.37. The van der Waals surface area contributed by atoms with Crippen LogP contribution in [0.1, 0.15) is 34.1 Å². The second-order valence-electron chi connectivity index (χ2n) is 4.63. The first-order valence-corrected chi connectivity index (χ1v) is 4.50. The van der Waals surface area contributed by atoms with E-state index in [9.17, 15) is 0 Å². The molecule has 1 aliphatic carbocycles. The lowest BCUT2D eigenvalue weighted by molar-refractivity contribution is 0.574. The first kappa shape index (κ1) is 9.52. The average Bonchev–Trinajstić information content (AvgIpc) is 2.60. The zero-order chi connectivity index (χ0) is 9.35. The van der Waals surface area contributed by atoms with Crippen molar-refractivity contribution in [3.8, 4) is 0 Å². The summed E-state index contributed by atoms with van der Waals surface area (Å²) in [4.78, 5) is 4.52. The van der Waals surface area contributed by atoms with E-state index in [2.05, 4.69) is 38.1 Å². The van der Waals surface area contributed by atoms with Crippen molar-refractivity contribution in [3.05, 3.63) is 0 Å². The van der Waals surface area contributed by atoms with Crippen molar-refractivity contribution in [2.45, 2.75) is 39.7 Å². The summed E-state index contributed by atoms with van der Waals surface area (Å²) in [5, 5.41) is 0. The van der Waals surface area contributed by atoms with Crippen LogP contribution in [-0.4, -0.2) is 11.4 Å². The topological polar surface area (TPSA) is 50.4 Å². The maximum atomic E-state index is 5.40. The van der Waals surface area contributed by atoms with Crippen molar-refractivity contribution in [1.29, 1.82) is 0 Å². The zero-order valence-electron chi connectivity index (χ0n) is 8.39. The van der Waals surface area contributed by atoms with E-state index in [1.807, 2.05) is 0 Å². The molecule has 12 heavy (non-hydrogen) atoms. The van der Waals surface area contributed by atoms with Crippen LogP contribution in [0.3, 0.4) is 0 Å². The molecule has 0 amide bonds. The Bertz CT molecular complexity index is 190. The van der Waals surface area contributed by atoms with Gasteiger partial charge in [-0.2, -0.15) is 0 Å². The van der Waals surface area contributed by atoms with Crippen molar-refractivity contribution in [2.24, 2.45) is 22.7 Å². The van der Waals surface area contributed by atoms with Gasteiger partial charge in [0.15, 0.2) is 0 Å². The number of nitrogens with one attached hydrogen (secondary N) is 1. The molecule has 3 N–H and O–H groups in total. The molecule has 1 fully saturated rings. The number of nitrogens with two attached hydrogens (primary N) is 1. The Morgan fingerprint density at radius 2 is 2.00 bits per heavy atom. The molecule has 0 aliphatic heterocycles. The molecule has 3 nitrogen and oxygen atoms in total. The molecule has 0 aromatic heterocycles. The Balaban J connectivity index is 2.62. The number of hydrazine groups is 1. The summed E-state index contributed by atoms with van der Waals surface area (Å²) in [5.74, 6) is 7.70. The van der Waals surface area contributed by atoms with E-state index in [4.69, 9.17) is 5.84 Å². The Morgan fingerprint density at radius 1 is 1.50 bits per heavy atom. The minimum Gasteiger partial charge on any atom is -0.312 e. The van der Waals surface area contributed by atoms with Gasteiger partial charge < -0.3 is 5.43 Å². The standard InChI is InChI=1S/C9H19N3/c1-6-5-7(6)8(12-10)11-9(2,3)4/h6-7H,5,10H2,1-4H3,(H,11,12). The molecule has 1 rings (SSSR count). The molecule has 3 heteroatoms. The van der Waals surface area contributed by atoms with E-state index < -0.39 is 0 Å². The molecular formula is C9H19N3. The first-order valence-electron chi connectivity index (χ1n) is 4.50. The predicted molar refractivity (Wildman–Crippen MR) is 51.8 cm³/mol. The molecule has 0 heterocycles. The fraction of sp³-hybridized carbons (Fsp3) is 0.889. The van der Waals surface area contributed by atoms with Gasteiger partial charge >= 0.3 is 0 Å². The molecule has 0 bridgehead atoms.